The van der Waals surface area contributed by atoms with Crippen LogP contribution in [0.4, 0.5) is 5.69 Å². The number of benzene rings is 1. The standard InChI is InChI=1S/C14H15BrN2OS/c1-2-11-7-8-12(19-11)13(14(16)18)17-10-5-3-9(15)4-6-10/h3-8,13,17H,2H2,1H3,(H2,16,18). The topological polar surface area (TPSA) is 55.1 Å². The van der Waals surface area contributed by atoms with Gasteiger partial charge in [0.2, 0.25) is 5.91 Å². The second-order valence-corrected chi connectivity index (χ2v) is 6.26. The molecule has 0 fully saturated rings. The Labute approximate surface area is 125 Å². The monoisotopic (exact) mass is 338 g/mol. The van der Waals surface area contributed by atoms with E-state index in [-0.39, 0.29) is 5.91 Å². The van der Waals surface area contributed by atoms with Crippen molar-refractivity contribution in [3.63, 3.8) is 0 Å². The number of hydrogen-bond donors (Lipinski definition) is 2. The van der Waals surface area contributed by atoms with E-state index in [1.54, 1.807) is 11.3 Å². The van der Waals surface area contributed by atoms with Gasteiger partial charge in [-0.05, 0) is 42.8 Å². The molecule has 2 aromatic rings. The van der Waals surface area contributed by atoms with Crippen LogP contribution < -0.4 is 11.1 Å². The van der Waals surface area contributed by atoms with Crippen molar-refractivity contribution in [1.29, 1.82) is 0 Å². The second kappa shape index (κ2) is 6.21. The molecule has 1 amide bonds. The van der Waals surface area contributed by atoms with Gasteiger partial charge in [-0.3, -0.25) is 4.79 Å². The molecular weight excluding hydrogens is 324 g/mol. The summed E-state index contributed by atoms with van der Waals surface area (Å²) in [6.45, 7) is 2.09. The van der Waals surface area contributed by atoms with Crippen molar-refractivity contribution in [2.75, 3.05) is 5.32 Å². The number of thiophene rings is 1. The van der Waals surface area contributed by atoms with E-state index in [1.165, 1.54) is 4.88 Å². The first kappa shape index (κ1) is 14.1. The lowest BCUT2D eigenvalue weighted by molar-refractivity contribution is -0.118. The fourth-order valence-electron chi connectivity index (χ4n) is 1.73. The highest BCUT2D eigenvalue weighted by molar-refractivity contribution is 9.10. The van der Waals surface area contributed by atoms with Gasteiger partial charge in [-0.15, -0.1) is 11.3 Å². The quantitative estimate of drug-likeness (QED) is 0.872. The van der Waals surface area contributed by atoms with Gasteiger partial charge in [0.25, 0.3) is 0 Å². The SMILES string of the molecule is CCc1ccc(C(Nc2ccc(Br)cc2)C(N)=O)s1. The normalized spacial score (nSPS) is 12.1. The Morgan fingerprint density at radius 3 is 2.53 bits per heavy atom. The molecule has 0 saturated heterocycles. The van der Waals surface area contributed by atoms with E-state index < -0.39 is 6.04 Å². The molecule has 0 saturated carbocycles. The van der Waals surface area contributed by atoms with E-state index in [1.807, 2.05) is 36.4 Å². The third-order valence-electron chi connectivity index (χ3n) is 2.76. The zero-order valence-electron chi connectivity index (χ0n) is 10.5. The maximum atomic E-state index is 11.6. The van der Waals surface area contributed by atoms with Gasteiger partial charge in [0, 0.05) is 19.9 Å². The largest absolute Gasteiger partial charge is 0.369 e. The first-order valence-corrected chi connectivity index (χ1v) is 7.61. The van der Waals surface area contributed by atoms with Gasteiger partial charge in [0.1, 0.15) is 6.04 Å². The van der Waals surface area contributed by atoms with Crippen LogP contribution in [0, 0.1) is 0 Å². The molecule has 19 heavy (non-hydrogen) atoms. The Morgan fingerprint density at radius 2 is 2.00 bits per heavy atom. The van der Waals surface area contributed by atoms with Gasteiger partial charge in [-0.2, -0.15) is 0 Å². The number of nitrogens with one attached hydrogen (secondary N) is 1. The molecule has 1 aromatic heterocycles. The van der Waals surface area contributed by atoms with E-state index >= 15 is 0 Å². The Hall–Kier alpha value is -1.33. The van der Waals surface area contributed by atoms with Crippen LogP contribution in [-0.4, -0.2) is 5.91 Å². The van der Waals surface area contributed by atoms with Gasteiger partial charge >= 0.3 is 0 Å². The van der Waals surface area contributed by atoms with E-state index in [0.29, 0.717) is 0 Å². The van der Waals surface area contributed by atoms with Crippen molar-refractivity contribution in [1.82, 2.24) is 0 Å². The second-order valence-electron chi connectivity index (χ2n) is 4.14. The number of carbonyl (C=O) groups is 1. The van der Waals surface area contributed by atoms with Gasteiger partial charge in [0.15, 0.2) is 0 Å². The lowest BCUT2D eigenvalue weighted by Gasteiger charge is -2.15. The minimum absolute atomic E-state index is 0.368. The zero-order valence-corrected chi connectivity index (χ0v) is 12.9. The summed E-state index contributed by atoms with van der Waals surface area (Å²) in [4.78, 5) is 13.8. The molecule has 0 aliphatic heterocycles. The fraction of sp³-hybridized carbons (Fsp3) is 0.214. The zero-order chi connectivity index (χ0) is 13.8. The van der Waals surface area contributed by atoms with Crippen LogP contribution in [0.1, 0.15) is 22.7 Å². The van der Waals surface area contributed by atoms with Gasteiger partial charge in [-0.25, -0.2) is 0 Å². The number of amides is 1. The maximum absolute atomic E-state index is 11.6. The van der Waals surface area contributed by atoms with Crippen LogP contribution in [0.15, 0.2) is 40.9 Å². The number of primary amides is 1. The summed E-state index contributed by atoms with van der Waals surface area (Å²) in [6.07, 6.45) is 0.967. The highest BCUT2D eigenvalue weighted by Gasteiger charge is 2.19. The third-order valence-corrected chi connectivity index (χ3v) is 4.58. The molecular formula is C14H15BrN2OS. The molecule has 0 spiro atoms. The summed E-state index contributed by atoms with van der Waals surface area (Å²) < 4.78 is 0.998. The minimum Gasteiger partial charge on any atom is -0.369 e. The lowest BCUT2D eigenvalue weighted by Crippen LogP contribution is -2.26. The first-order valence-electron chi connectivity index (χ1n) is 6.00. The lowest BCUT2D eigenvalue weighted by atomic mass is 10.2. The molecule has 3 nitrogen and oxygen atoms in total. The molecule has 1 atom stereocenters. The molecule has 0 aliphatic rings. The van der Waals surface area contributed by atoms with Crippen molar-refractivity contribution in [3.8, 4) is 0 Å². The number of carbonyl (C=O) groups excluding carboxylic acids is 1. The predicted molar refractivity (Wildman–Crippen MR) is 83.4 cm³/mol. The third kappa shape index (κ3) is 3.58. The average Bonchev–Trinajstić information content (AvgIpc) is 2.86. The van der Waals surface area contributed by atoms with Gasteiger partial charge in [0.05, 0.1) is 0 Å². The van der Waals surface area contributed by atoms with Gasteiger partial charge < -0.3 is 11.1 Å². The smallest absolute Gasteiger partial charge is 0.245 e. The molecule has 0 aliphatic carbocycles. The number of nitrogens with two attached hydrogens (primary N) is 1. The minimum atomic E-state index is -0.480. The number of rotatable bonds is 5. The van der Waals surface area contributed by atoms with E-state index in [9.17, 15) is 4.79 Å². The fourth-order valence-corrected chi connectivity index (χ4v) is 3.01. The maximum Gasteiger partial charge on any atom is 0.245 e. The van der Waals surface area contributed by atoms with Crippen LogP contribution in [0.3, 0.4) is 0 Å². The Bertz CT molecular complexity index is 565. The molecule has 1 unspecified atom stereocenters. The predicted octanol–water partition coefficient (Wildman–Crippen LogP) is 3.71. The molecule has 1 heterocycles. The van der Waals surface area contributed by atoms with Crippen molar-refractivity contribution < 1.29 is 4.79 Å². The molecule has 100 valence electrons. The van der Waals surface area contributed by atoms with Crippen molar-refractivity contribution in [2.24, 2.45) is 5.73 Å². The summed E-state index contributed by atoms with van der Waals surface area (Å²) in [5.41, 5.74) is 6.37. The van der Waals surface area contributed by atoms with E-state index in [2.05, 4.69) is 28.2 Å². The molecule has 0 bridgehead atoms. The van der Waals surface area contributed by atoms with Crippen molar-refractivity contribution in [3.05, 3.63) is 50.6 Å². The highest BCUT2D eigenvalue weighted by atomic mass is 79.9. The molecule has 3 N–H and O–H groups in total. The average molecular weight is 339 g/mol. The van der Waals surface area contributed by atoms with Crippen LogP contribution in [-0.2, 0) is 11.2 Å². The summed E-state index contributed by atoms with van der Waals surface area (Å²) in [6, 6.07) is 11.2. The highest BCUT2D eigenvalue weighted by Crippen LogP contribution is 2.27. The van der Waals surface area contributed by atoms with Crippen molar-refractivity contribution in [2.45, 2.75) is 19.4 Å². The van der Waals surface area contributed by atoms with Gasteiger partial charge in [-0.1, -0.05) is 22.9 Å². The molecule has 1 aromatic carbocycles. The van der Waals surface area contributed by atoms with Crippen LogP contribution >= 0.6 is 27.3 Å². The Kier molecular flexibility index (Phi) is 4.61. The summed E-state index contributed by atoms with van der Waals surface area (Å²) >= 11 is 5.00. The van der Waals surface area contributed by atoms with Crippen LogP contribution in [0.2, 0.25) is 0 Å². The van der Waals surface area contributed by atoms with Crippen LogP contribution in [0.25, 0.3) is 0 Å². The summed E-state index contributed by atoms with van der Waals surface area (Å²) in [5, 5.41) is 3.17. The van der Waals surface area contributed by atoms with Crippen LogP contribution in [0.5, 0.6) is 0 Å². The number of anilines is 1. The van der Waals surface area contributed by atoms with E-state index in [0.717, 1.165) is 21.5 Å². The summed E-state index contributed by atoms with van der Waals surface area (Å²) in [7, 11) is 0. The molecule has 0 radical (unpaired) electrons. The number of halogens is 1. The Morgan fingerprint density at radius 1 is 1.32 bits per heavy atom. The van der Waals surface area contributed by atoms with Crippen molar-refractivity contribution >= 4 is 38.9 Å². The number of aryl methyl sites for hydroxylation is 1. The van der Waals surface area contributed by atoms with E-state index in [4.69, 9.17) is 5.73 Å². The molecule has 2 rings (SSSR count). The first-order chi connectivity index (χ1) is 9.10. The number of hydrogen-bond acceptors (Lipinski definition) is 3. The summed E-state index contributed by atoms with van der Waals surface area (Å²) in [5.74, 6) is -0.368. The Balaban J connectivity index is 2.21. The molecule has 5 heteroatoms.